The zero-order valence-corrected chi connectivity index (χ0v) is 40.1. The number of aliphatic hydroxyl groups excluding tert-OH is 15. The lowest BCUT2D eigenvalue weighted by Gasteiger charge is -2.50. The fourth-order valence-corrected chi connectivity index (χ4v) is 9.49. The third kappa shape index (κ3) is 13.0. The number of hydrogen-bond donors (Lipinski definition) is 15. The summed E-state index contributed by atoms with van der Waals surface area (Å²) in [4.78, 5) is 36.1. The first kappa shape index (κ1) is 60.0. The molecule has 22 aliphatic heterocycles. The van der Waals surface area contributed by atoms with Gasteiger partial charge in [-0.15, -0.1) is 0 Å². The molecule has 0 amide bonds. The van der Waals surface area contributed by atoms with E-state index in [1.54, 1.807) is 0 Å². The summed E-state index contributed by atoms with van der Waals surface area (Å²) in [6.45, 7) is -2.53. The molecule has 22 fully saturated rings. The lowest BCUT2D eigenvalue weighted by atomic mass is 9.94. The molecule has 22 rings (SSSR count). The second kappa shape index (κ2) is 25.6. The van der Waals surface area contributed by atoms with Gasteiger partial charge in [-0.3, -0.25) is 14.4 Å². The van der Waals surface area contributed by atoms with E-state index in [1.165, 1.54) is 0 Å². The van der Waals surface area contributed by atoms with Crippen molar-refractivity contribution < 1.29 is 162 Å². The van der Waals surface area contributed by atoms with Crippen molar-refractivity contribution in [1.82, 2.24) is 0 Å². The number of aliphatic hydroxyl groups is 15. The van der Waals surface area contributed by atoms with Gasteiger partial charge in [-0.25, -0.2) is 0 Å². The summed E-state index contributed by atoms with van der Waals surface area (Å²) >= 11 is 0. The third-order valence-electron chi connectivity index (χ3n) is 13.5. The molecule has 0 aromatic carbocycles. The fraction of sp³-hybridized carbons (Fsp3) is 0.929. The molecule has 0 radical (unpaired) electrons. The smallest absolute Gasteiger partial charge is 0.302 e. The van der Waals surface area contributed by atoms with Crippen LogP contribution in [0.25, 0.3) is 0 Å². The largest absolute Gasteiger partial charge is 0.463 e. The van der Waals surface area contributed by atoms with Crippen molar-refractivity contribution in [1.29, 1.82) is 0 Å². The van der Waals surface area contributed by atoms with Gasteiger partial charge in [-0.2, -0.15) is 0 Å². The summed E-state index contributed by atoms with van der Waals surface area (Å²) < 4.78 is 84.8. The average molecular weight is 1100 g/mol. The van der Waals surface area contributed by atoms with Crippen LogP contribution in [0.5, 0.6) is 0 Å². The van der Waals surface area contributed by atoms with E-state index in [0.717, 1.165) is 20.8 Å². The molecule has 0 saturated carbocycles. The van der Waals surface area contributed by atoms with Gasteiger partial charge in [0.1, 0.15) is 166 Å². The summed E-state index contributed by atoms with van der Waals surface area (Å²) in [6, 6.07) is 0. The highest BCUT2D eigenvalue weighted by Crippen LogP contribution is 2.38. The van der Waals surface area contributed by atoms with Crippen molar-refractivity contribution in [3.63, 3.8) is 0 Å². The molecule has 0 aromatic rings. The molecule has 0 aromatic heterocycles. The predicted octanol–water partition coefficient (Wildman–Crippen LogP) is -11.3. The minimum Gasteiger partial charge on any atom is -0.463 e. The van der Waals surface area contributed by atoms with Crippen molar-refractivity contribution in [2.24, 2.45) is 0 Å². The molecule has 22 saturated heterocycles. The molecule has 22 aliphatic rings. The standard InChI is InChI=1S/C42H66O33/c1-10(46)61-7-16-34-23(53)29(59)41(68-16)75-36-18(9-63-12(3)48)69-42(30(60)24(36)54)74-35-17(8-62-11(2)47)67-40(28(58)22(35)52)72-33-15(6-45)65-38(26(56)20(33)50)70-31-13(4-43)64-37(25(55)19(31)49)71-32-14(5-44)66-39(73-34)27(57)21(32)51/h13-45,49-60H,4-9H2,1-3H3. The molecule has 33 nitrogen and oxygen atoms in total. The summed E-state index contributed by atoms with van der Waals surface area (Å²) in [5.74, 6) is -2.71. The number of hydrogen-bond acceptors (Lipinski definition) is 33. The monoisotopic (exact) mass is 1100 g/mol. The topological polar surface area (TPSA) is 493 Å². The van der Waals surface area contributed by atoms with Gasteiger partial charge in [-0.05, 0) is 0 Å². The SMILES string of the molecule is CC(=O)OCC1OC2OC3C(COC(C)=O)OC(OC4C(COC(C)=O)OC(OC5C(CO)OC(OC6C(CO)OC(OC7C(CO)OC(OC1C(O)C2O)C(O)C7O)C(O)C6O)C(O)C5O)C(O)C4O)C(O)C3O. The summed E-state index contributed by atoms with van der Waals surface area (Å²) in [5.41, 5.74) is 0. The van der Waals surface area contributed by atoms with Crippen LogP contribution < -0.4 is 0 Å². The first-order valence-corrected chi connectivity index (χ1v) is 23.7. The van der Waals surface area contributed by atoms with Gasteiger partial charge in [0.2, 0.25) is 0 Å². The highest BCUT2D eigenvalue weighted by Gasteiger charge is 2.59. The van der Waals surface area contributed by atoms with Crippen LogP contribution in [0.4, 0.5) is 0 Å². The number of esters is 3. The molecule has 33 heteroatoms. The van der Waals surface area contributed by atoms with Gasteiger partial charge in [0.15, 0.2) is 37.7 Å². The van der Waals surface area contributed by atoms with Gasteiger partial charge in [0, 0.05) is 20.8 Å². The Morgan fingerprint density at radius 1 is 0.280 bits per heavy atom. The average Bonchev–Trinajstić information content (AvgIpc) is 3.37. The molecule has 0 aliphatic carbocycles. The molecule has 432 valence electrons. The van der Waals surface area contributed by atoms with Crippen LogP contribution in [0.3, 0.4) is 0 Å². The molecular formula is C42H66O33. The van der Waals surface area contributed by atoms with E-state index in [9.17, 15) is 91.0 Å². The highest BCUT2D eigenvalue weighted by molar-refractivity contribution is 5.66. The predicted molar refractivity (Wildman–Crippen MR) is 224 cm³/mol. The first-order valence-electron chi connectivity index (χ1n) is 23.7. The van der Waals surface area contributed by atoms with Crippen LogP contribution in [0.2, 0.25) is 0 Å². The van der Waals surface area contributed by atoms with Crippen molar-refractivity contribution in [3.8, 4) is 0 Å². The van der Waals surface area contributed by atoms with E-state index in [0.29, 0.717) is 0 Å². The Labute approximate surface area is 424 Å². The maximum atomic E-state index is 12.1. The van der Waals surface area contributed by atoms with Crippen molar-refractivity contribution in [3.05, 3.63) is 0 Å². The second-order valence-corrected chi connectivity index (χ2v) is 18.7. The van der Waals surface area contributed by atoms with Gasteiger partial charge < -0.3 is 148 Å². The van der Waals surface area contributed by atoms with Gasteiger partial charge in [0.25, 0.3) is 0 Å². The maximum absolute atomic E-state index is 12.1. The van der Waals surface area contributed by atoms with Crippen molar-refractivity contribution >= 4 is 17.9 Å². The number of carbonyl (C=O) groups excluding carboxylic acids is 3. The second-order valence-electron chi connectivity index (χ2n) is 18.7. The van der Waals surface area contributed by atoms with E-state index in [-0.39, 0.29) is 0 Å². The molecular weight excluding hydrogens is 1030 g/mol. The Kier molecular flexibility index (Phi) is 20.5. The van der Waals surface area contributed by atoms with Crippen LogP contribution in [0, 0.1) is 0 Å². The maximum Gasteiger partial charge on any atom is 0.302 e. The lowest BCUT2D eigenvalue weighted by molar-refractivity contribution is -0.404. The quantitative estimate of drug-likeness (QED) is 0.0753. The van der Waals surface area contributed by atoms with Crippen LogP contribution in [-0.2, 0) is 85.4 Å². The number of ether oxygens (including phenoxy) is 15. The zero-order valence-electron chi connectivity index (χ0n) is 40.1. The molecule has 0 spiro atoms. The van der Waals surface area contributed by atoms with E-state index in [2.05, 4.69) is 0 Å². The molecule has 22 heterocycles. The normalized spacial score (nSPS) is 49.8. The van der Waals surface area contributed by atoms with E-state index < -0.39 is 242 Å². The molecule has 15 N–H and O–H groups in total. The Bertz CT molecular complexity index is 1850. The Morgan fingerprint density at radius 3 is 0.600 bits per heavy atom. The van der Waals surface area contributed by atoms with Crippen molar-refractivity contribution in [2.45, 2.75) is 205 Å². The van der Waals surface area contributed by atoms with E-state index in [1.807, 2.05) is 0 Å². The minimum atomic E-state index is -2.24. The lowest BCUT2D eigenvalue weighted by Crippen LogP contribution is -2.69. The van der Waals surface area contributed by atoms with Gasteiger partial charge in [-0.1, -0.05) is 0 Å². The third-order valence-corrected chi connectivity index (χ3v) is 13.5. The Morgan fingerprint density at radius 2 is 0.440 bits per heavy atom. The van der Waals surface area contributed by atoms with Crippen LogP contribution >= 0.6 is 0 Å². The molecule has 30 unspecified atom stereocenters. The van der Waals surface area contributed by atoms with Crippen LogP contribution in [0.15, 0.2) is 0 Å². The van der Waals surface area contributed by atoms with E-state index in [4.69, 9.17) is 71.1 Å². The summed E-state index contributed by atoms with van der Waals surface area (Å²) in [7, 11) is 0. The zero-order chi connectivity index (χ0) is 54.9. The van der Waals surface area contributed by atoms with Crippen molar-refractivity contribution in [2.75, 3.05) is 39.6 Å². The van der Waals surface area contributed by atoms with Gasteiger partial charge >= 0.3 is 17.9 Å². The fourth-order valence-electron chi connectivity index (χ4n) is 9.49. The van der Waals surface area contributed by atoms with E-state index >= 15 is 0 Å². The molecule has 12 bridgehead atoms. The van der Waals surface area contributed by atoms with Gasteiger partial charge in [0.05, 0.1) is 19.8 Å². The Hall–Kier alpha value is -2.67. The number of rotatable bonds is 9. The summed E-state index contributed by atoms with van der Waals surface area (Å²) in [5, 5.41) is 168. The number of carbonyl (C=O) groups is 3. The van der Waals surface area contributed by atoms with Crippen LogP contribution in [0.1, 0.15) is 20.8 Å². The molecule has 30 atom stereocenters. The molecule has 75 heavy (non-hydrogen) atoms. The Balaban J connectivity index is 1.24. The van der Waals surface area contributed by atoms with Crippen LogP contribution in [-0.4, -0.2) is 318 Å². The minimum absolute atomic E-state index is 0.799. The first-order chi connectivity index (χ1) is 35.5. The highest BCUT2D eigenvalue weighted by atomic mass is 16.8. The summed E-state index contributed by atoms with van der Waals surface area (Å²) in [6.07, 6.45) is -60.4.